The summed E-state index contributed by atoms with van der Waals surface area (Å²) in [6, 6.07) is 14.1. The number of carbonyl (C=O) groups excluding carboxylic acids is 1. The molecule has 0 aliphatic heterocycles. The maximum absolute atomic E-state index is 13.9. The maximum atomic E-state index is 13.9. The van der Waals surface area contributed by atoms with Gasteiger partial charge in [0.15, 0.2) is 0 Å². The molecule has 0 aromatic heterocycles. The smallest absolute Gasteiger partial charge is 0.261 e. The first-order valence-corrected chi connectivity index (χ1v) is 10.7. The normalized spacial score (nSPS) is 12.1. The minimum atomic E-state index is -3.86. The minimum Gasteiger partial charge on any atom is -0.497 e. The molecule has 6 nitrogen and oxygen atoms in total. The highest BCUT2D eigenvalue weighted by atomic mass is 32.2. The van der Waals surface area contributed by atoms with Gasteiger partial charge in [0, 0.05) is 22.9 Å². The molecule has 1 amide bonds. The number of ether oxygens (including phenoxy) is 1. The van der Waals surface area contributed by atoms with Gasteiger partial charge in [-0.3, -0.25) is 9.52 Å². The molecule has 2 N–H and O–H groups in total. The number of amides is 1. The zero-order valence-electron chi connectivity index (χ0n) is 16.7. The van der Waals surface area contributed by atoms with Crippen molar-refractivity contribution in [2.45, 2.75) is 17.9 Å². The van der Waals surface area contributed by atoms with E-state index in [0.717, 1.165) is 12.1 Å². The van der Waals surface area contributed by atoms with Gasteiger partial charge in [-0.2, -0.15) is 0 Å². The average Bonchev–Trinajstić information content (AvgIpc) is 2.74. The fourth-order valence-electron chi connectivity index (χ4n) is 2.87. The Morgan fingerprint density at radius 1 is 0.968 bits per heavy atom. The van der Waals surface area contributed by atoms with Crippen LogP contribution in [-0.2, 0) is 10.0 Å². The van der Waals surface area contributed by atoms with Crippen molar-refractivity contribution in [2.24, 2.45) is 0 Å². The van der Waals surface area contributed by atoms with E-state index in [1.165, 1.54) is 37.4 Å². The lowest BCUT2D eigenvalue weighted by Gasteiger charge is -2.15. The van der Waals surface area contributed by atoms with E-state index in [2.05, 4.69) is 10.0 Å². The number of methoxy groups -OCH3 is 1. The number of carbonyl (C=O) groups is 1. The SMILES string of the molecule is COc1ccc(NS(=O)(=O)c2ccc(C(=O)NC(C)c3ccc(F)cc3F)cc2)cc1. The van der Waals surface area contributed by atoms with Gasteiger partial charge < -0.3 is 10.1 Å². The molecule has 0 aliphatic carbocycles. The van der Waals surface area contributed by atoms with Crippen LogP contribution in [0.5, 0.6) is 5.75 Å². The highest BCUT2D eigenvalue weighted by Gasteiger charge is 2.18. The van der Waals surface area contributed by atoms with Crippen molar-refractivity contribution in [2.75, 3.05) is 11.8 Å². The van der Waals surface area contributed by atoms with Gasteiger partial charge in [-0.15, -0.1) is 0 Å². The molecule has 1 unspecified atom stereocenters. The molecule has 9 heteroatoms. The number of sulfonamides is 1. The molecular formula is C22H20F2N2O4S. The molecule has 0 saturated heterocycles. The second kappa shape index (κ2) is 9.13. The highest BCUT2D eigenvalue weighted by molar-refractivity contribution is 7.92. The van der Waals surface area contributed by atoms with Crippen molar-refractivity contribution in [1.82, 2.24) is 5.32 Å². The molecule has 0 fully saturated rings. The van der Waals surface area contributed by atoms with Crippen LogP contribution in [0.2, 0.25) is 0 Å². The number of nitrogens with one attached hydrogen (secondary N) is 2. The van der Waals surface area contributed by atoms with Crippen LogP contribution in [0.1, 0.15) is 28.9 Å². The number of anilines is 1. The van der Waals surface area contributed by atoms with Crippen LogP contribution in [0.4, 0.5) is 14.5 Å². The zero-order valence-corrected chi connectivity index (χ0v) is 17.5. The van der Waals surface area contributed by atoms with Crippen molar-refractivity contribution >= 4 is 21.6 Å². The molecule has 31 heavy (non-hydrogen) atoms. The molecule has 1 atom stereocenters. The molecule has 0 bridgehead atoms. The third kappa shape index (κ3) is 5.37. The summed E-state index contributed by atoms with van der Waals surface area (Å²) in [7, 11) is -2.35. The van der Waals surface area contributed by atoms with E-state index in [1.54, 1.807) is 31.2 Å². The molecule has 162 valence electrons. The van der Waals surface area contributed by atoms with Gasteiger partial charge in [-0.05, 0) is 61.5 Å². The van der Waals surface area contributed by atoms with Gasteiger partial charge in [-0.1, -0.05) is 6.07 Å². The van der Waals surface area contributed by atoms with E-state index in [9.17, 15) is 22.0 Å². The van der Waals surface area contributed by atoms with Crippen LogP contribution < -0.4 is 14.8 Å². The first kappa shape index (κ1) is 22.2. The van der Waals surface area contributed by atoms with Crippen molar-refractivity contribution < 1.29 is 26.7 Å². The predicted molar refractivity (Wildman–Crippen MR) is 112 cm³/mol. The van der Waals surface area contributed by atoms with E-state index < -0.39 is 33.6 Å². The van der Waals surface area contributed by atoms with Gasteiger partial charge in [0.05, 0.1) is 18.0 Å². The number of benzene rings is 3. The Labute approximate surface area is 178 Å². The van der Waals surface area contributed by atoms with Crippen molar-refractivity contribution in [3.05, 3.63) is 89.5 Å². The van der Waals surface area contributed by atoms with Gasteiger partial charge in [0.1, 0.15) is 17.4 Å². The van der Waals surface area contributed by atoms with Gasteiger partial charge in [0.2, 0.25) is 0 Å². The summed E-state index contributed by atoms with van der Waals surface area (Å²) in [5, 5.41) is 2.60. The van der Waals surface area contributed by atoms with Gasteiger partial charge in [0.25, 0.3) is 15.9 Å². The van der Waals surface area contributed by atoms with Crippen LogP contribution in [0, 0.1) is 11.6 Å². The Kier molecular flexibility index (Phi) is 6.55. The van der Waals surface area contributed by atoms with E-state index in [1.807, 2.05) is 0 Å². The molecule has 3 aromatic rings. The monoisotopic (exact) mass is 446 g/mol. The molecule has 3 aromatic carbocycles. The van der Waals surface area contributed by atoms with Gasteiger partial charge >= 0.3 is 0 Å². The largest absolute Gasteiger partial charge is 0.497 e. The third-order valence-electron chi connectivity index (χ3n) is 4.55. The fraction of sp³-hybridized carbons (Fsp3) is 0.136. The lowest BCUT2D eigenvalue weighted by Crippen LogP contribution is -2.27. The van der Waals surface area contributed by atoms with Crippen molar-refractivity contribution in [3.8, 4) is 5.75 Å². The number of hydrogen-bond donors (Lipinski definition) is 2. The maximum Gasteiger partial charge on any atom is 0.261 e. The first-order chi connectivity index (χ1) is 14.7. The second-order valence-electron chi connectivity index (χ2n) is 6.72. The lowest BCUT2D eigenvalue weighted by atomic mass is 10.1. The summed E-state index contributed by atoms with van der Waals surface area (Å²) in [6.45, 7) is 1.56. The number of rotatable bonds is 7. The Morgan fingerprint density at radius 2 is 1.61 bits per heavy atom. The summed E-state index contributed by atoms with van der Waals surface area (Å²) in [5.74, 6) is -1.41. The summed E-state index contributed by atoms with van der Waals surface area (Å²) in [4.78, 5) is 12.4. The van der Waals surface area contributed by atoms with Crippen LogP contribution in [0.3, 0.4) is 0 Å². The average molecular weight is 446 g/mol. The Morgan fingerprint density at radius 3 is 2.19 bits per heavy atom. The molecular weight excluding hydrogens is 426 g/mol. The summed E-state index contributed by atoms with van der Waals surface area (Å²) in [5.41, 5.74) is 0.688. The standard InChI is InChI=1S/C22H20F2N2O4S/c1-14(20-12-5-16(23)13-21(20)24)25-22(27)15-3-10-19(11-4-15)31(28,29)26-17-6-8-18(30-2)9-7-17/h3-14,26H,1-2H3,(H,25,27). The Bertz CT molecular complexity index is 1180. The highest BCUT2D eigenvalue weighted by Crippen LogP contribution is 2.21. The summed E-state index contributed by atoms with van der Waals surface area (Å²) in [6.07, 6.45) is 0. The van der Waals surface area contributed by atoms with Crippen LogP contribution in [0.25, 0.3) is 0 Å². The fourth-order valence-corrected chi connectivity index (χ4v) is 3.93. The van der Waals surface area contributed by atoms with Gasteiger partial charge in [-0.25, -0.2) is 17.2 Å². The van der Waals surface area contributed by atoms with E-state index in [0.29, 0.717) is 11.4 Å². The van der Waals surface area contributed by atoms with E-state index in [-0.39, 0.29) is 16.0 Å². The van der Waals surface area contributed by atoms with Crippen molar-refractivity contribution in [1.29, 1.82) is 0 Å². The van der Waals surface area contributed by atoms with Crippen LogP contribution in [-0.4, -0.2) is 21.4 Å². The number of halogens is 2. The minimum absolute atomic E-state index is 0.0301. The lowest BCUT2D eigenvalue weighted by molar-refractivity contribution is 0.0939. The topological polar surface area (TPSA) is 84.5 Å². The van der Waals surface area contributed by atoms with Crippen LogP contribution in [0.15, 0.2) is 71.6 Å². The Hall–Kier alpha value is -3.46. The molecule has 0 radical (unpaired) electrons. The third-order valence-corrected chi connectivity index (χ3v) is 5.94. The molecule has 0 aliphatic rings. The predicted octanol–water partition coefficient (Wildman–Crippen LogP) is 4.27. The van der Waals surface area contributed by atoms with E-state index in [4.69, 9.17) is 4.74 Å². The summed E-state index contributed by atoms with van der Waals surface area (Å²) >= 11 is 0. The zero-order chi connectivity index (χ0) is 22.6. The number of hydrogen-bond acceptors (Lipinski definition) is 4. The summed E-state index contributed by atoms with van der Waals surface area (Å²) < 4.78 is 59.5. The molecule has 0 saturated carbocycles. The first-order valence-electron chi connectivity index (χ1n) is 9.22. The quantitative estimate of drug-likeness (QED) is 0.568. The van der Waals surface area contributed by atoms with Crippen molar-refractivity contribution in [3.63, 3.8) is 0 Å². The Balaban J connectivity index is 1.70. The molecule has 0 heterocycles. The van der Waals surface area contributed by atoms with E-state index >= 15 is 0 Å². The second-order valence-corrected chi connectivity index (χ2v) is 8.40. The molecule has 0 spiro atoms. The molecule has 3 rings (SSSR count). The van der Waals surface area contributed by atoms with Crippen LogP contribution >= 0.6 is 0 Å².